The van der Waals surface area contributed by atoms with Gasteiger partial charge in [0.25, 0.3) is 11.8 Å². The molecule has 8 rings (SSSR count). The number of benzene rings is 1. The number of carbonyl (C=O) groups is 1. The van der Waals surface area contributed by atoms with Gasteiger partial charge in [0.2, 0.25) is 5.95 Å². The minimum absolute atomic E-state index is 0.0575. The Morgan fingerprint density at radius 1 is 1.07 bits per heavy atom. The molecule has 12 heteroatoms. The maximum atomic E-state index is 13.0. The van der Waals surface area contributed by atoms with Gasteiger partial charge in [-0.1, -0.05) is 41.6 Å². The number of aliphatic hydroxyl groups excluding tert-OH is 1. The lowest BCUT2D eigenvalue weighted by Gasteiger charge is -2.46. The number of anilines is 3. The predicted octanol–water partition coefficient (Wildman–Crippen LogP) is 4.42. The summed E-state index contributed by atoms with van der Waals surface area (Å²) in [6, 6.07) is 11.2. The Labute approximate surface area is 261 Å². The zero-order valence-electron chi connectivity index (χ0n) is 25.5. The summed E-state index contributed by atoms with van der Waals surface area (Å²) in [5.41, 5.74) is 2.63. The molecule has 232 valence electrons. The Morgan fingerprint density at radius 2 is 1.80 bits per heavy atom. The van der Waals surface area contributed by atoms with E-state index in [2.05, 4.69) is 37.2 Å². The summed E-state index contributed by atoms with van der Waals surface area (Å²) in [4.78, 5) is 35.9. The van der Waals surface area contributed by atoms with E-state index >= 15 is 0 Å². The summed E-state index contributed by atoms with van der Waals surface area (Å²) in [5, 5.41) is 21.5. The zero-order chi connectivity index (χ0) is 31.2. The van der Waals surface area contributed by atoms with Crippen LogP contribution in [0, 0.1) is 0 Å². The lowest BCUT2D eigenvalue weighted by Crippen LogP contribution is -2.51. The molecule has 0 spiro atoms. The summed E-state index contributed by atoms with van der Waals surface area (Å²) in [6.45, 7) is 11.1. The number of piperidine rings is 3. The SMILES string of the molecule is C=CCN1C(=O)c2cnc(Nc3cc(N[C@H](CO)c4ccccc4)c(-c4nc(C56CCN(CC5)CC6)no4)cn3)nc2C1(C)C. The lowest BCUT2D eigenvalue weighted by atomic mass is 9.71. The summed E-state index contributed by atoms with van der Waals surface area (Å²) in [5.74, 6) is 1.78. The van der Waals surface area contributed by atoms with E-state index in [4.69, 9.17) is 14.5 Å². The average molecular weight is 608 g/mol. The molecule has 4 aliphatic heterocycles. The minimum atomic E-state index is -0.627. The summed E-state index contributed by atoms with van der Waals surface area (Å²) in [6.07, 6.45) is 8.00. The Hall–Kier alpha value is -4.68. The standard InChI is InChI=1S/C33H37N9O3/c1-4-13-42-29(44)23-19-35-31(38-27(23)32(42,2)3)37-26-17-24(36-25(20-43)21-8-6-5-7-9-21)22(18-34-26)28-39-30(40-45-28)33-10-14-41(15-11-33)16-12-33/h4-9,17-19,25,43H,1,10-16,20H2,2-3H3,(H2,34,35,36,37,38)/t25-/m1/s1. The van der Waals surface area contributed by atoms with Crippen molar-refractivity contribution >= 4 is 23.4 Å². The van der Waals surface area contributed by atoms with Gasteiger partial charge < -0.3 is 30.1 Å². The number of nitrogens with one attached hydrogen (secondary N) is 2. The number of pyridine rings is 1. The molecule has 3 aromatic heterocycles. The van der Waals surface area contributed by atoms with Gasteiger partial charge in [-0.25, -0.2) is 15.0 Å². The average Bonchev–Trinajstić information content (AvgIpc) is 3.64. The molecule has 3 fully saturated rings. The number of nitrogens with zero attached hydrogens (tertiary/aromatic N) is 7. The molecule has 0 unspecified atom stereocenters. The van der Waals surface area contributed by atoms with Crippen LogP contribution in [0.1, 0.15) is 66.6 Å². The van der Waals surface area contributed by atoms with Crippen molar-refractivity contribution in [3.63, 3.8) is 0 Å². The third-order valence-electron chi connectivity index (χ3n) is 9.54. The molecular weight excluding hydrogens is 570 g/mol. The Kier molecular flexibility index (Phi) is 7.33. The maximum Gasteiger partial charge on any atom is 0.261 e. The van der Waals surface area contributed by atoms with Gasteiger partial charge in [-0.15, -0.1) is 6.58 Å². The van der Waals surface area contributed by atoms with Crippen molar-refractivity contribution in [2.24, 2.45) is 0 Å². The van der Waals surface area contributed by atoms with Gasteiger partial charge in [-0.3, -0.25) is 4.79 Å². The third kappa shape index (κ3) is 5.13. The highest BCUT2D eigenvalue weighted by Gasteiger charge is 2.45. The highest BCUT2D eigenvalue weighted by Crippen LogP contribution is 2.43. The normalized spacial score (nSPS) is 22.2. The molecule has 2 bridgehead atoms. The van der Waals surface area contributed by atoms with Crippen LogP contribution in [-0.4, -0.2) is 78.7 Å². The second-order valence-electron chi connectivity index (χ2n) is 12.5. The number of fused-ring (bicyclic) bond motifs is 4. The first-order valence-electron chi connectivity index (χ1n) is 15.4. The first kappa shape index (κ1) is 29.1. The van der Waals surface area contributed by atoms with Crippen LogP contribution in [-0.2, 0) is 11.0 Å². The summed E-state index contributed by atoms with van der Waals surface area (Å²) in [7, 11) is 0. The van der Waals surface area contributed by atoms with E-state index < -0.39 is 11.6 Å². The van der Waals surface area contributed by atoms with E-state index in [1.54, 1.807) is 23.4 Å². The molecule has 1 atom stereocenters. The van der Waals surface area contributed by atoms with Gasteiger partial charge >= 0.3 is 0 Å². The molecule has 0 aliphatic carbocycles. The van der Waals surface area contributed by atoms with E-state index in [-0.39, 0.29) is 17.9 Å². The molecule has 7 heterocycles. The van der Waals surface area contributed by atoms with Crippen molar-refractivity contribution in [2.75, 3.05) is 43.4 Å². The fourth-order valence-corrected chi connectivity index (χ4v) is 6.78. The monoisotopic (exact) mass is 607 g/mol. The van der Waals surface area contributed by atoms with E-state index in [0.717, 1.165) is 50.3 Å². The van der Waals surface area contributed by atoms with Gasteiger partial charge in [0.15, 0.2) is 5.82 Å². The zero-order valence-corrected chi connectivity index (χ0v) is 25.5. The number of amides is 1. The molecule has 3 saturated heterocycles. The fraction of sp³-hybridized carbons (Fsp3) is 0.394. The van der Waals surface area contributed by atoms with E-state index in [0.29, 0.717) is 46.7 Å². The quantitative estimate of drug-likeness (QED) is 0.220. The van der Waals surface area contributed by atoms with Crippen LogP contribution in [0.25, 0.3) is 11.5 Å². The number of hydrogen-bond acceptors (Lipinski definition) is 11. The molecule has 1 amide bonds. The first-order valence-corrected chi connectivity index (χ1v) is 15.4. The van der Waals surface area contributed by atoms with Crippen LogP contribution >= 0.6 is 0 Å². The van der Waals surface area contributed by atoms with E-state index in [1.165, 1.54) is 0 Å². The molecule has 0 saturated carbocycles. The first-order chi connectivity index (χ1) is 21.8. The van der Waals surface area contributed by atoms with Crippen molar-refractivity contribution < 1.29 is 14.4 Å². The van der Waals surface area contributed by atoms with Crippen LogP contribution in [0.15, 0.2) is 66.0 Å². The molecule has 4 aromatic rings. The van der Waals surface area contributed by atoms with Gasteiger partial charge in [0.1, 0.15) is 5.82 Å². The van der Waals surface area contributed by atoms with Gasteiger partial charge in [0.05, 0.1) is 40.7 Å². The van der Waals surface area contributed by atoms with E-state index in [1.807, 2.05) is 50.2 Å². The van der Waals surface area contributed by atoms with Gasteiger partial charge in [0, 0.05) is 30.4 Å². The van der Waals surface area contributed by atoms with Crippen LogP contribution in [0.5, 0.6) is 0 Å². The Balaban J connectivity index is 1.22. The second-order valence-corrected chi connectivity index (χ2v) is 12.5. The van der Waals surface area contributed by atoms with Crippen LogP contribution < -0.4 is 10.6 Å². The summed E-state index contributed by atoms with van der Waals surface area (Å²) >= 11 is 0. The molecule has 4 aliphatic rings. The largest absolute Gasteiger partial charge is 0.394 e. The third-order valence-corrected chi connectivity index (χ3v) is 9.54. The fourth-order valence-electron chi connectivity index (χ4n) is 6.78. The smallest absolute Gasteiger partial charge is 0.261 e. The van der Waals surface area contributed by atoms with Crippen molar-refractivity contribution in [3.05, 3.63) is 84.1 Å². The topological polar surface area (TPSA) is 145 Å². The number of aliphatic hydroxyl groups is 1. The van der Waals surface area contributed by atoms with Gasteiger partial charge in [-0.2, -0.15) is 4.98 Å². The van der Waals surface area contributed by atoms with Crippen molar-refractivity contribution in [1.82, 2.24) is 34.9 Å². The van der Waals surface area contributed by atoms with Gasteiger partial charge in [-0.05, 0) is 58.3 Å². The lowest BCUT2D eigenvalue weighted by molar-refractivity contribution is 0.0649. The summed E-state index contributed by atoms with van der Waals surface area (Å²) < 4.78 is 5.88. The number of carbonyl (C=O) groups excluding carboxylic acids is 1. The molecular formula is C33H37N9O3. The molecule has 45 heavy (non-hydrogen) atoms. The van der Waals surface area contributed by atoms with Crippen LogP contribution in [0.4, 0.5) is 17.5 Å². The Bertz CT molecular complexity index is 1720. The molecule has 0 radical (unpaired) electrons. The number of hydrogen-bond donors (Lipinski definition) is 3. The van der Waals surface area contributed by atoms with Crippen molar-refractivity contribution in [3.8, 4) is 11.5 Å². The number of rotatable bonds is 10. The van der Waals surface area contributed by atoms with Crippen molar-refractivity contribution in [1.29, 1.82) is 0 Å². The maximum absolute atomic E-state index is 13.0. The van der Waals surface area contributed by atoms with Crippen LogP contribution in [0.3, 0.4) is 0 Å². The molecule has 1 aromatic carbocycles. The molecule has 3 N–H and O–H groups in total. The highest BCUT2D eigenvalue weighted by molar-refractivity contribution is 5.99. The minimum Gasteiger partial charge on any atom is -0.394 e. The second kappa shape index (κ2) is 11.4. The van der Waals surface area contributed by atoms with E-state index in [9.17, 15) is 9.90 Å². The van der Waals surface area contributed by atoms with Crippen molar-refractivity contribution in [2.45, 2.75) is 50.1 Å². The van der Waals surface area contributed by atoms with Crippen LogP contribution in [0.2, 0.25) is 0 Å². The number of aromatic nitrogens is 5. The predicted molar refractivity (Wildman–Crippen MR) is 169 cm³/mol. The highest BCUT2D eigenvalue weighted by atomic mass is 16.5. The Morgan fingerprint density at radius 3 is 2.51 bits per heavy atom. The molecule has 12 nitrogen and oxygen atoms in total.